The van der Waals surface area contributed by atoms with Gasteiger partial charge in [-0.15, -0.1) is 0 Å². The fourth-order valence-electron chi connectivity index (χ4n) is 2.34. The minimum absolute atomic E-state index is 0.0548. The normalized spacial score (nSPS) is 23.2. The predicted molar refractivity (Wildman–Crippen MR) is 75.7 cm³/mol. The summed E-state index contributed by atoms with van der Waals surface area (Å²) >= 11 is 0. The maximum absolute atomic E-state index is 12.2. The predicted octanol–water partition coefficient (Wildman–Crippen LogP) is 0.605. The van der Waals surface area contributed by atoms with Crippen LogP contribution in [0, 0.1) is 11.8 Å². The average molecular weight is 269 g/mol. The van der Waals surface area contributed by atoms with E-state index >= 15 is 0 Å². The van der Waals surface area contributed by atoms with Crippen molar-refractivity contribution in [3.63, 3.8) is 0 Å². The van der Waals surface area contributed by atoms with E-state index in [-0.39, 0.29) is 24.3 Å². The second-order valence-corrected chi connectivity index (χ2v) is 5.97. The van der Waals surface area contributed by atoms with Gasteiger partial charge in [0.25, 0.3) is 0 Å². The molecule has 2 N–H and O–H groups in total. The number of piperidine rings is 1. The van der Waals surface area contributed by atoms with E-state index in [0.717, 1.165) is 19.4 Å². The highest BCUT2D eigenvalue weighted by Gasteiger charge is 2.27. The Balaban J connectivity index is 2.37. The van der Waals surface area contributed by atoms with Crippen LogP contribution in [0.5, 0.6) is 0 Å². The summed E-state index contributed by atoms with van der Waals surface area (Å²) in [4.78, 5) is 25.5. The van der Waals surface area contributed by atoms with E-state index in [2.05, 4.69) is 17.6 Å². The van der Waals surface area contributed by atoms with Gasteiger partial charge >= 0.3 is 0 Å². The number of nitrogens with one attached hydrogen (secondary N) is 2. The first-order valence-corrected chi connectivity index (χ1v) is 7.15. The summed E-state index contributed by atoms with van der Waals surface area (Å²) < 4.78 is 0. The van der Waals surface area contributed by atoms with Crippen LogP contribution < -0.4 is 10.6 Å². The SMILES string of the molecule is CC(C)CNC(=O)CN(C)C(=O)C1CCNC(C)C1. The highest BCUT2D eigenvalue weighted by atomic mass is 16.2. The van der Waals surface area contributed by atoms with Gasteiger partial charge < -0.3 is 15.5 Å². The quantitative estimate of drug-likeness (QED) is 0.768. The molecule has 0 aliphatic carbocycles. The zero-order valence-electron chi connectivity index (χ0n) is 12.5. The van der Waals surface area contributed by atoms with Crippen molar-refractivity contribution in [2.75, 3.05) is 26.7 Å². The van der Waals surface area contributed by atoms with E-state index in [4.69, 9.17) is 0 Å². The largest absolute Gasteiger partial charge is 0.354 e. The lowest BCUT2D eigenvalue weighted by atomic mass is 9.92. The lowest BCUT2D eigenvalue weighted by molar-refractivity contribution is -0.139. The molecule has 5 nitrogen and oxygen atoms in total. The standard InChI is InChI=1S/C14H27N3O2/c1-10(2)8-16-13(18)9-17(4)14(19)12-5-6-15-11(3)7-12/h10-12,15H,5-9H2,1-4H3,(H,16,18). The van der Waals surface area contributed by atoms with E-state index in [0.29, 0.717) is 18.5 Å². The van der Waals surface area contributed by atoms with Gasteiger partial charge in [-0.3, -0.25) is 9.59 Å². The lowest BCUT2D eigenvalue weighted by Crippen LogP contribution is -2.46. The maximum Gasteiger partial charge on any atom is 0.239 e. The van der Waals surface area contributed by atoms with Gasteiger partial charge in [-0.1, -0.05) is 13.8 Å². The third-order valence-corrected chi connectivity index (χ3v) is 3.44. The molecule has 1 rings (SSSR count). The first-order chi connectivity index (χ1) is 8.90. The topological polar surface area (TPSA) is 61.4 Å². The second kappa shape index (κ2) is 7.48. The second-order valence-electron chi connectivity index (χ2n) is 5.97. The molecule has 110 valence electrons. The molecule has 1 saturated heterocycles. The number of likely N-dealkylation sites (N-methyl/N-ethyl adjacent to an activating group) is 1. The van der Waals surface area contributed by atoms with Gasteiger partial charge in [0.15, 0.2) is 0 Å². The first-order valence-electron chi connectivity index (χ1n) is 7.15. The molecule has 0 aromatic rings. The van der Waals surface area contributed by atoms with Crippen LogP contribution in [0.15, 0.2) is 0 Å². The fourth-order valence-corrected chi connectivity index (χ4v) is 2.34. The van der Waals surface area contributed by atoms with Crippen molar-refractivity contribution >= 4 is 11.8 Å². The van der Waals surface area contributed by atoms with Gasteiger partial charge in [0.1, 0.15) is 0 Å². The van der Waals surface area contributed by atoms with Crippen molar-refractivity contribution < 1.29 is 9.59 Å². The number of carbonyl (C=O) groups is 2. The minimum atomic E-state index is -0.0773. The van der Waals surface area contributed by atoms with Crippen molar-refractivity contribution in [3.8, 4) is 0 Å². The Morgan fingerprint density at radius 1 is 1.42 bits per heavy atom. The number of nitrogens with zero attached hydrogens (tertiary/aromatic N) is 1. The fraction of sp³-hybridized carbons (Fsp3) is 0.857. The molecule has 2 atom stereocenters. The molecule has 0 radical (unpaired) electrons. The van der Waals surface area contributed by atoms with Gasteiger partial charge in [0.2, 0.25) is 11.8 Å². The van der Waals surface area contributed by atoms with Crippen molar-refractivity contribution in [1.29, 1.82) is 0 Å². The highest BCUT2D eigenvalue weighted by Crippen LogP contribution is 2.18. The van der Waals surface area contributed by atoms with Crippen LogP contribution in [0.2, 0.25) is 0 Å². The lowest BCUT2D eigenvalue weighted by Gasteiger charge is -2.30. The molecule has 0 saturated carbocycles. The summed E-state index contributed by atoms with van der Waals surface area (Å²) in [6, 6.07) is 0.380. The Morgan fingerprint density at radius 3 is 2.68 bits per heavy atom. The maximum atomic E-state index is 12.2. The molecule has 1 fully saturated rings. The van der Waals surface area contributed by atoms with E-state index in [1.165, 1.54) is 0 Å². The molecule has 1 heterocycles. The van der Waals surface area contributed by atoms with Crippen molar-refractivity contribution in [2.24, 2.45) is 11.8 Å². The van der Waals surface area contributed by atoms with Gasteiger partial charge in [-0.05, 0) is 32.2 Å². The Hall–Kier alpha value is -1.10. The highest BCUT2D eigenvalue weighted by molar-refractivity contribution is 5.85. The molecule has 5 heteroatoms. The van der Waals surface area contributed by atoms with E-state index in [1.54, 1.807) is 11.9 Å². The molecule has 0 bridgehead atoms. The summed E-state index contributed by atoms with van der Waals surface area (Å²) in [6.45, 7) is 7.88. The van der Waals surface area contributed by atoms with Crippen molar-refractivity contribution in [2.45, 2.75) is 39.7 Å². The van der Waals surface area contributed by atoms with Gasteiger partial charge in [-0.2, -0.15) is 0 Å². The van der Waals surface area contributed by atoms with Crippen molar-refractivity contribution in [3.05, 3.63) is 0 Å². The van der Waals surface area contributed by atoms with Gasteiger partial charge in [0, 0.05) is 25.6 Å². The summed E-state index contributed by atoms with van der Waals surface area (Å²) in [5, 5.41) is 6.16. The Morgan fingerprint density at radius 2 is 2.11 bits per heavy atom. The number of hydrogen-bond donors (Lipinski definition) is 2. The summed E-state index contributed by atoms with van der Waals surface area (Å²) in [5.74, 6) is 0.494. The average Bonchev–Trinajstić information content (AvgIpc) is 2.35. The van der Waals surface area contributed by atoms with Gasteiger partial charge in [0.05, 0.1) is 6.54 Å². The molecular formula is C14H27N3O2. The monoisotopic (exact) mass is 269 g/mol. The molecular weight excluding hydrogens is 242 g/mol. The molecule has 2 amide bonds. The van der Waals surface area contributed by atoms with Crippen LogP contribution >= 0.6 is 0 Å². The first kappa shape index (κ1) is 16.0. The molecule has 0 aromatic heterocycles. The molecule has 1 aliphatic heterocycles. The number of carbonyl (C=O) groups excluding carboxylic acids is 2. The van der Waals surface area contributed by atoms with Crippen LogP contribution in [-0.2, 0) is 9.59 Å². The third-order valence-electron chi connectivity index (χ3n) is 3.44. The minimum Gasteiger partial charge on any atom is -0.354 e. The van der Waals surface area contributed by atoms with Crippen LogP contribution in [0.3, 0.4) is 0 Å². The molecule has 1 aliphatic rings. The molecule has 19 heavy (non-hydrogen) atoms. The van der Waals surface area contributed by atoms with Crippen LogP contribution in [0.1, 0.15) is 33.6 Å². The number of hydrogen-bond acceptors (Lipinski definition) is 3. The Labute approximate surface area is 116 Å². The zero-order valence-corrected chi connectivity index (χ0v) is 12.5. The summed E-state index contributed by atoms with van der Waals surface area (Å²) in [7, 11) is 1.71. The van der Waals surface area contributed by atoms with Gasteiger partial charge in [-0.25, -0.2) is 0 Å². The number of rotatable bonds is 5. The van der Waals surface area contributed by atoms with Crippen LogP contribution in [0.4, 0.5) is 0 Å². The molecule has 0 aromatic carbocycles. The Bertz CT molecular complexity index is 318. The number of amides is 2. The molecule has 2 unspecified atom stereocenters. The third kappa shape index (κ3) is 5.59. The smallest absolute Gasteiger partial charge is 0.239 e. The van der Waals surface area contributed by atoms with E-state index in [9.17, 15) is 9.59 Å². The van der Waals surface area contributed by atoms with E-state index in [1.807, 2.05) is 13.8 Å². The Kier molecular flexibility index (Phi) is 6.28. The summed E-state index contributed by atoms with van der Waals surface area (Å²) in [6.07, 6.45) is 1.72. The summed E-state index contributed by atoms with van der Waals surface area (Å²) in [5.41, 5.74) is 0. The van der Waals surface area contributed by atoms with Crippen molar-refractivity contribution in [1.82, 2.24) is 15.5 Å². The van der Waals surface area contributed by atoms with Crippen LogP contribution in [0.25, 0.3) is 0 Å². The zero-order chi connectivity index (χ0) is 14.4. The molecule has 0 spiro atoms. The van der Waals surface area contributed by atoms with Crippen LogP contribution in [-0.4, -0.2) is 49.4 Å². The van der Waals surface area contributed by atoms with E-state index < -0.39 is 0 Å².